The molecule has 3 rings (SSSR count). The Kier molecular flexibility index (Phi) is 4.82. The number of fused-ring (bicyclic) bond motifs is 1. The molecule has 25 heavy (non-hydrogen) atoms. The molecular formula is C17H16N2O4S2. The summed E-state index contributed by atoms with van der Waals surface area (Å²) in [5.74, 6) is -0.165. The highest BCUT2D eigenvalue weighted by Gasteiger charge is 2.26. The van der Waals surface area contributed by atoms with E-state index in [2.05, 4.69) is 5.32 Å². The molecule has 0 spiro atoms. The number of carbonyl (C=O) groups excluding carboxylic acids is 2. The maximum atomic E-state index is 12.3. The average molecular weight is 376 g/mol. The van der Waals surface area contributed by atoms with Crippen molar-refractivity contribution in [3.63, 3.8) is 0 Å². The number of rotatable bonds is 4. The fourth-order valence-corrected chi connectivity index (χ4v) is 4.02. The molecule has 0 aliphatic carbocycles. The molecule has 0 saturated carbocycles. The third kappa shape index (κ3) is 4.02. The van der Waals surface area contributed by atoms with Crippen molar-refractivity contribution in [3.05, 3.63) is 48.5 Å². The second-order valence-electron chi connectivity index (χ2n) is 5.58. The van der Waals surface area contributed by atoms with Gasteiger partial charge in [-0.15, -0.1) is 11.8 Å². The lowest BCUT2D eigenvalue weighted by molar-refractivity contribution is -0.120. The van der Waals surface area contributed by atoms with Crippen molar-refractivity contribution in [1.82, 2.24) is 0 Å². The van der Waals surface area contributed by atoms with E-state index in [1.807, 2.05) is 24.3 Å². The van der Waals surface area contributed by atoms with Crippen molar-refractivity contribution in [2.45, 2.75) is 9.79 Å². The Morgan fingerprint density at radius 3 is 2.52 bits per heavy atom. The molecule has 0 aromatic heterocycles. The van der Waals surface area contributed by atoms with Gasteiger partial charge in [-0.2, -0.15) is 0 Å². The number of benzene rings is 2. The largest absolute Gasteiger partial charge is 0.325 e. The normalized spacial score (nSPS) is 14.1. The lowest BCUT2D eigenvalue weighted by Gasteiger charge is -2.28. The lowest BCUT2D eigenvalue weighted by Crippen LogP contribution is -2.41. The van der Waals surface area contributed by atoms with Crippen LogP contribution in [-0.2, 0) is 19.4 Å². The van der Waals surface area contributed by atoms with Crippen LogP contribution in [0.2, 0.25) is 0 Å². The zero-order valence-corrected chi connectivity index (χ0v) is 15.1. The summed E-state index contributed by atoms with van der Waals surface area (Å²) in [6.07, 6.45) is 1.12. The van der Waals surface area contributed by atoms with Crippen LogP contribution in [-0.4, -0.2) is 38.8 Å². The molecule has 1 N–H and O–H groups in total. The van der Waals surface area contributed by atoms with E-state index < -0.39 is 9.84 Å². The molecule has 0 fully saturated rings. The van der Waals surface area contributed by atoms with Crippen LogP contribution in [0.4, 0.5) is 11.4 Å². The molecule has 6 nitrogen and oxygen atoms in total. The monoisotopic (exact) mass is 376 g/mol. The number of nitrogens with one attached hydrogen (secondary N) is 1. The predicted molar refractivity (Wildman–Crippen MR) is 97.7 cm³/mol. The van der Waals surface area contributed by atoms with E-state index in [0.29, 0.717) is 11.4 Å². The maximum absolute atomic E-state index is 12.3. The Morgan fingerprint density at radius 2 is 1.84 bits per heavy atom. The van der Waals surface area contributed by atoms with Crippen molar-refractivity contribution in [3.8, 4) is 0 Å². The summed E-state index contributed by atoms with van der Waals surface area (Å²) >= 11 is 1.46. The molecule has 0 unspecified atom stereocenters. The van der Waals surface area contributed by atoms with Crippen LogP contribution in [0.1, 0.15) is 0 Å². The first-order valence-electron chi connectivity index (χ1n) is 7.47. The molecule has 2 amide bonds. The number of para-hydroxylation sites is 1. The SMILES string of the molecule is CS(=O)(=O)c1ccc(NC(=O)CN2C(=O)CSc3ccccc32)cc1. The number of hydrogen-bond acceptors (Lipinski definition) is 5. The zero-order chi connectivity index (χ0) is 18.0. The van der Waals surface area contributed by atoms with Crippen molar-refractivity contribution in [1.29, 1.82) is 0 Å². The van der Waals surface area contributed by atoms with Gasteiger partial charge in [0.25, 0.3) is 0 Å². The van der Waals surface area contributed by atoms with Crippen LogP contribution in [0.3, 0.4) is 0 Å². The molecule has 0 radical (unpaired) electrons. The first-order chi connectivity index (χ1) is 11.8. The van der Waals surface area contributed by atoms with Crippen LogP contribution in [0.5, 0.6) is 0 Å². The van der Waals surface area contributed by atoms with Crippen molar-refractivity contribution in [2.75, 3.05) is 28.8 Å². The molecule has 8 heteroatoms. The van der Waals surface area contributed by atoms with Gasteiger partial charge in [-0.05, 0) is 36.4 Å². The van der Waals surface area contributed by atoms with Crippen molar-refractivity contribution < 1.29 is 18.0 Å². The number of thioether (sulfide) groups is 1. The summed E-state index contributed by atoms with van der Waals surface area (Å²) in [5.41, 5.74) is 1.20. The zero-order valence-electron chi connectivity index (χ0n) is 13.4. The van der Waals surface area contributed by atoms with Crippen molar-refractivity contribution in [2.24, 2.45) is 0 Å². The predicted octanol–water partition coefficient (Wildman–Crippen LogP) is 2.17. The minimum Gasteiger partial charge on any atom is -0.325 e. The highest BCUT2D eigenvalue weighted by atomic mass is 32.2. The standard InChI is InChI=1S/C17H16N2O4S2/c1-25(22,23)13-8-6-12(7-9-13)18-16(20)10-19-14-4-2-3-5-15(14)24-11-17(19)21/h2-9H,10-11H2,1H3,(H,18,20). The molecule has 1 aliphatic rings. The van der Waals surface area contributed by atoms with Gasteiger partial charge in [-0.1, -0.05) is 12.1 Å². The van der Waals surface area contributed by atoms with Crippen LogP contribution in [0, 0.1) is 0 Å². The second kappa shape index (κ2) is 6.89. The summed E-state index contributed by atoms with van der Waals surface area (Å²) < 4.78 is 22.9. The Labute approximate surface area is 150 Å². The average Bonchev–Trinajstić information content (AvgIpc) is 2.57. The van der Waals surface area contributed by atoms with Gasteiger partial charge in [-0.25, -0.2) is 8.42 Å². The van der Waals surface area contributed by atoms with Gasteiger partial charge in [0.1, 0.15) is 6.54 Å². The van der Waals surface area contributed by atoms with E-state index in [9.17, 15) is 18.0 Å². The Balaban J connectivity index is 1.72. The van der Waals surface area contributed by atoms with E-state index in [4.69, 9.17) is 0 Å². The third-order valence-electron chi connectivity index (χ3n) is 3.68. The molecule has 2 aromatic rings. The number of amides is 2. The first kappa shape index (κ1) is 17.5. The maximum Gasteiger partial charge on any atom is 0.244 e. The Hall–Kier alpha value is -2.32. The molecular weight excluding hydrogens is 360 g/mol. The number of carbonyl (C=O) groups is 2. The van der Waals surface area contributed by atoms with Gasteiger partial charge >= 0.3 is 0 Å². The van der Waals surface area contributed by atoms with Gasteiger partial charge in [0.15, 0.2) is 9.84 Å². The lowest BCUT2D eigenvalue weighted by atomic mass is 10.2. The molecule has 1 aliphatic heterocycles. The Morgan fingerprint density at radius 1 is 1.16 bits per heavy atom. The van der Waals surface area contributed by atoms with Crippen molar-refractivity contribution >= 4 is 44.8 Å². The smallest absolute Gasteiger partial charge is 0.244 e. The van der Waals surface area contributed by atoms with Gasteiger partial charge in [0, 0.05) is 16.8 Å². The highest BCUT2D eigenvalue weighted by Crippen LogP contribution is 2.34. The third-order valence-corrected chi connectivity index (χ3v) is 5.85. The van der Waals surface area contributed by atoms with Gasteiger partial charge in [-0.3, -0.25) is 9.59 Å². The number of anilines is 2. The molecule has 0 bridgehead atoms. The molecule has 1 heterocycles. The molecule has 130 valence electrons. The van der Waals surface area contributed by atoms with E-state index in [1.165, 1.54) is 40.9 Å². The minimum atomic E-state index is -3.28. The van der Waals surface area contributed by atoms with E-state index in [0.717, 1.165) is 16.8 Å². The van der Waals surface area contributed by atoms with Crippen LogP contribution >= 0.6 is 11.8 Å². The fraction of sp³-hybridized carbons (Fsp3) is 0.176. The molecule has 0 saturated heterocycles. The second-order valence-corrected chi connectivity index (χ2v) is 8.61. The summed E-state index contributed by atoms with van der Waals surface area (Å²) in [6.45, 7) is -0.0930. The van der Waals surface area contributed by atoms with E-state index >= 15 is 0 Å². The minimum absolute atomic E-state index is 0.0930. The number of hydrogen-bond donors (Lipinski definition) is 1. The summed E-state index contributed by atoms with van der Waals surface area (Å²) in [7, 11) is -3.28. The van der Waals surface area contributed by atoms with E-state index in [-0.39, 0.29) is 23.3 Å². The van der Waals surface area contributed by atoms with E-state index in [1.54, 1.807) is 0 Å². The highest BCUT2D eigenvalue weighted by molar-refractivity contribution is 8.00. The van der Waals surface area contributed by atoms with Crippen LogP contribution < -0.4 is 10.2 Å². The first-order valence-corrected chi connectivity index (χ1v) is 10.3. The summed E-state index contributed by atoms with van der Waals surface area (Å²) in [5, 5.41) is 2.68. The molecule has 0 atom stereocenters. The van der Waals surface area contributed by atoms with Crippen LogP contribution in [0.15, 0.2) is 58.3 Å². The van der Waals surface area contributed by atoms with Gasteiger partial charge < -0.3 is 10.2 Å². The van der Waals surface area contributed by atoms with Gasteiger partial charge in [0.2, 0.25) is 11.8 Å². The fourth-order valence-electron chi connectivity index (χ4n) is 2.46. The summed E-state index contributed by atoms with van der Waals surface area (Å²) in [6, 6.07) is 13.4. The quantitative estimate of drug-likeness (QED) is 0.884. The summed E-state index contributed by atoms with van der Waals surface area (Å²) in [4.78, 5) is 27.1. The number of sulfone groups is 1. The number of nitrogens with zero attached hydrogens (tertiary/aromatic N) is 1. The van der Waals surface area contributed by atoms with Gasteiger partial charge in [0.05, 0.1) is 16.3 Å². The molecule has 2 aromatic carbocycles. The van der Waals surface area contributed by atoms with Crippen LogP contribution in [0.25, 0.3) is 0 Å². The Bertz CT molecular complexity index is 924. The topological polar surface area (TPSA) is 83.6 Å².